The molecular formula is C11H14ClN5S2. The van der Waals surface area contributed by atoms with Gasteiger partial charge in [-0.25, -0.2) is 4.98 Å². The number of hydrogen-bond donors (Lipinski definition) is 0. The fourth-order valence-electron chi connectivity index (χ4n) is 2.32. The lowest BCUT2D eigenvalue weighted by atomic mass is 10.2. The zero-order chi connectivity index (χ0) is 13.2. The van der Waals surface area contributed by atoms with Crippen molar-refractivity contribution in [2.24, 2.45) is 0 Å². The maximum absolute atomic E-state index is 6.05. The molecule has 0 spiro atoms. The summed E-state index contributed by atoms with van der Waals surface area (Å²) in [5.74, 6) is 0. The van der Waals surface area contributed by atoms with Crippen LogP contribution in [0.4, 0.5) is 5.13 Å². The van der Waals surface area contributed by atoms with Gasteiger partial charge in [0.15, 0.2) is 5.13 Å². The topological polar surface area (TPSA) is 45.2 Å². The van der Waals surface area contributed by atoms with E-state index < -0.39 is 0 Å². The third-order valence-electron chi connectivity index (χ3n) is 3.26. The molecule has 1 aliphatic rings. The van der Waals surface area contributed by atoms with Crippen molar-refractivity contribution in [3.05, 3.63) is 21.6 Å². The van der Waals surface area contributed by atoms with Gasteiger partial charge in [0.1, 0.15) is 10.0 Å². The Bertz CT molecular complexity index is 529. The SMILES string of the molecule is C[C@H]1CN(Cc2nnsc2Cl)CCN1c1nccs1. The molecule has 3 heterocycles. The van der Waals surface area contributed by atoms with Crippen LogP contribution in [-0.2, 0) is 6.54 Å². The molecule has 2 aromatic heterocycles. The minimum atomic E-state index is 0.449. The van der Waals surface area contributed by atoms with Crippen molar-refractivity contribution < 1.29 is 0 Å². The first kappa shape index (κ1) is 13.2. The maximum Gasteiger partial charge on any atom is 0.185 e. The van der Waals surface area contributed by atoms with Crippen LogP contribution in [-0.4, -0.2) is 45.1 Å². The summed E-state index contributed by atoms with van der Waals surface area (Å²) in [6, 6.07) is 0.449. The van der Waals surface area contributed by atoms with Gasteiger partial charge in [-0.3, -0.25) is 4.90 Å². The summed E-state index contributed by atoms with van der Waals surface area (Å²) < 4.78 is 4.58. The molecule has 0 N–H and O–H groups in total. The molecule has 0 amide bonds. The summed E-state index contributed by atoms with van der Waals surface area (Å²) in [6.07, 6.45) is 1.86. The summed E-state index contributed by atoms with van der Waals surface area (Å²) in [6.45, 7) is 5.99. The van der Waals surface area contributed by atoms with Crippen molar-refractivity contribution in [2.45, 2.75) is 19.5 Å². The van der Waals surface area contributed by atoms with Gasteiger partial charge in [-0.1, -0.05) is 16.1 Å². The number of halogens is 1. The van der Waals surface area contributed by atoms with E-state index in [0.717, 1.165) is 37.0 Å². The predicted octanol–water partition coefficient (Wildman–Crippen LogP) is 2.36. The zero-order valence-electron chi connectivity index (χ0n) is 10.5. The van der Waals surface area contributed by atoms with Crippen LogP contribution in [0.2, 0.25) is 4.34 Å². The van der Waals surface area contributed by atoms with E-state index in [1.165, 1.54) is 11.5 Å². The van der Waals surface area contributed by atoms with Crippen LogP contribution in [0.15, 0.2) is 11.6 Å². The van der Waals surface area contributed by atoms with E-state index in [2.05, 4.69) is 31.3 Å². The Balaban J connectivity index is 1.63. The Morgan fingerprint density at radius 1 is 1.47 bits per heavy atom. The van der Waals surface area contributed by atoms with Gasteiger partial charge in [-0.2, -0.15) is 0 Å². The first-order valence-corrected chi connectivity index (χ1v) is 8.12. The average Bonchev–Trinajstić information content (AvgIpc) is 3.02. The summed E-state index contributed by atoms with van der Waals surface area (Å²) in [5.41, 5.74) is 0.890. The van der Waals surface area contributed by atoms with Crippen LogP contribution < -0.4 is 4.90 Å². The molecular weight excluding hydrogens is 302 g/mol. The number of piperazine rings is 1. The van der Waals surface area contributed by atoms with E-state index in [9.17, 15) is 0 Å². The summed E-state index contributed by atoms with van der Waals surface area (Å²) >= 11 is 9.00. The molecule has 8 heteroatoms. The molecule has 0 radical (unpaired) electrons. The van der Waals surface area contributed by atoms with Crippen molar-refractivity contribution in [3.8, 4) is 0 Å². The second-order valence-corrected chi connectivity index (χ2v) is 6.81. The number of anilines is 1. The van der Waals surface area contributed by atoms with Gasteiger partial charge >= 0.3 is 0 Å². The number of rotatable bonds is 3. The standard InChI is InChI=1S/C11H14ClN5S2/c1-8-6-16(7-9-10(12)19-15-14-9)3-4-17(8)11-13-2-5-18-11/h2,5,8H,3-4,6-7H2,1H3/t8-/m0/s1. The van der Waals surface area contributed by atoms with Gasteiger partial charge in [-0.05, 0) is 6.92 Å². The fraction of sp³-hybridized carbons (Fsp3) is 0.545. The van der Waals surface area contributed by atoms with Crippen LogP contribution >= 0.6 is 34.5 Å². The second-order valence-electron chi connectivity index (χ2n) is 4.59. The first-order chi connectivity index (χ1) is 9.24. The van der Waals surface area contributed by atoms with E-state index in [4.69, 9.17) is 11.6 Å². The smallest absolute Gasteiger partial charge is 0.185 e. The highest BCUT2D eigenvalue weighted by atomic mass is 35.5. The molecule has 1 aliphatic heterocycles. The monoisotopic (exact) mass is 315 g/mol. The Morgan fingerprint density at radius 3 is 3.00 bits per heavy atom. The van der Waals surface area contributed by atoms with E-state index in [1.807, 2.05) is 11.6 Å². The largest absolute Gasteiger partial charge is 0.343 e. The lowest BCUT2D eigenvalue weighted by Crippen LogP contribution is -2.51. The second kappa shape index (κ2) is 5.70. The van der Waals surface area contributed by atoms with Crippen LogP contribution in [0.25, 0.3) is 0 Å². The Labute approximate surface area is 125 Å². The molecule has 1 fully saturated rings. The number of hydrogen-bond acceptors (Lipinski definition) is 7. The first-order valence-electron chi connectivity index (χ1n) is 6.09. The van der Waals surface area contributed by atoms with E-state index in [-0.39, 0.29) is 0 Å². The van der Waals surface area contributed by atoms with Crippen LogP contribution in [0, 0.1) is 0 Å². The quantitative estimate of drug-likeness (QED) is 0.870. The lowest BCUT2D eigenvalue weighted by Gasteiger charge is -2.39. The lowest BCUT2D eigenvalue weighted by molar-refractivity contribution is 0.218. The highest BCUT2D eigenvalue weighted by molar-refractivity contribution is 7.13. The van der Waals surface area contributed by atoms with E-state index in [0.29, 0.717) is 10.4 Å². The predicted molar refractivity (Wildman–Crippen MR) is 79.1 cm³/mol. The van der Waals surface area contributed by atoms with Gasteiger partial charge in [0.2, 0.25) is 0 Å². The van der Waals surface area contributed by atoms with E-state index in [1.54, 1.807) is 11.3 Å². The van der Waals surface area contributed by atoms with Crippen molar-refractivity contribution in [1.29, 1.82) is 0 Å². The van der Waals surface area contributed by atoms with E-state index >= 15 is 0 Å². The van der Waals surface area contributed by atoms with Crippen molar-refractivity contribution >= 4 is 39.6 Å². The highest BCUT2D eigenvalue weighted by Crippen LogP contribution is 2.24. The summed E-state index contributed by atoms with van der Waals surface area (Å²) in [4.78, 5) is 9.12. The van der Waals surface area contributed by atoms with Crippen molar-refractivity contribution in [3.63, 3.8) is 0 Å². The van der Waals surface area contributed by atoms with Gasteiger partial charge in [0, 0.05) is 55.3 Å². The van der Waals surface area contributed by atoms with Crippen LogP contribution in [0.3, 0.4) is 0 Å². The maximum atomic E-state index is 6.05. The van der Waals surface area contributed by atoms with Crippen LogP contribution in [0.1, 0.15) is 12.6 Å². The van der Waals surface area contributed by atoms with Gasteiger partial charge in [0.05, 0.1) is 0 Å². The van der Waals surface area contributed by atoms with Crippen LogP contribution in [0.5, 0.6) is 0 Å². The average molecular weight is 316 g/mol. The molecule has 3 rings (SSSR count). The molecule has 102 valence electrons. The molecule has 0 unspecified atom stereocenters. The molecule has 19 heavy (non-hydrogen) atoms. The summed E-state index contributed by atoms with van der Waals surface area (Å²) in [7, 11) is 0. The summed E-state index contributed by atoms with van der Waals surface area (Å²) in [5, 5.41) is 7.21. The molecule has 0 aromatic carbocycles. The molecule has 0 aliphatic carbocycles. The fourth-order valence-corrected chi connectivity index (χ4v) is 3.71. The Morgan fingerprint density at radius 2 is 2.37 bits per heavy atom. The molecule has 1 saturated heterocycles. The molecule has 0 bridgehead atoms. The number of nitrogens with zero attached hydrogens (tertiary/aromatic N) is 5. The number of aromatic nitrogens is 3. The molecule has 5 nitrogen and oxygen atoms in total. The third-order valence-corrected chi connectivity index (χ3v) is 5.05. The normalized spacial score (nSPS) is 20.9. The molecule has 0 saturated carbocycles. The Hall–Kier alpha value is -0.760. The minimum Gasteiger partial charge on any atom is -0.343 e. The Kier molecular flexibility index (Phi) is 3.97. The van der Waals surface area contributed by atoms with Crippen molar-refractivity contribution in [1.82, 2.24) is 19.5 Å². The zero-order valence-corrected chi connectivity index (χ0v) is 12.9. The highest BCUT2D eigenvalue weighted by Gasteiger charge is 2.26. The van der Waals surface area contributed by atoms with Gasteiger partial charge in [0.25, 0.3) is 0 Å². The number of thiazole rings is 1. The third kappa shape index (κ3) is 2.89. The van der Waals surface area contributed by atoms with Crippen molar-refractivity contribution in [2.75, 3.05) is 24.5 Å². The molecule has 1 atom stereocenters. The minimum absolute atomic E-state index is 0.449. The van der Waals surface area contributed by atoms with Gasteiger partial charge < -0.3 is 4.90 Å². The van der Waals surface area contributed by atoms with Gasteiger partial charge in [-0.15, -0.1) is 16.4 Å². The molecule has 2 aromatic rings.